The fourth-order valence-electron chi connectivity index (χ4n) is 5.61. The molecule has 0 spiro atoms. The van der Waals surface area contributed by atoms with Crippen molar-refractivity contribution in [1.82, 2.24) is 29.3 Å². The number of pyridine rings is 1. The summed E-state index contributed by atoms with van der Waals surface area (Å²) in [6, 6.07) is 10.6. The van der Waals surface area contributed by atoms with Crippen LogP contribution in [-0.2, 0) is 4.57 Å². The van der Waals surface area contributed by atoms with E-state index in [-0.39, 0.29) is 11.8 Å². The maximum atomic E-state index is 15.3. The number of fused-ring (bicyclic) bond motifs is 6. The van der Waals surface area contributed by atoms with Gasteiger partial charge in [-0.3, -0.25) is 4.98 Å². The van der Waals surface area contributed by atoms with Crippen LogP contribution in [0.2, 0.25) is 0 Å². The number of hydrogen-bond donors (Lipinski definition) is 0. The van der Waals surface area contributed by atoms with Crippen LogP contribution in [0, 0.1) is 5.82 Å². The minimum atomic E-state index is -3.00. The topological polar surface area (TPSA) is 87.7 Å². The SMILES string of the molecule is CP(C)(=O)c1ccc(-c2cc3c(cc2F)nc2n3[C@H]3C[C@@H]2n2ncnc2-c2cccc(OC(F)F)c23)cn1. The molecule has 0 N–H and O–H groups in total. The molecule has 2 aliphatic rings. The number of halogens is 3. The molecule has 2 aliphatic heterocycles. The Labute approximate surface area is 214 Å². The lowest BCUT2D eigenvalue weighted by atomic mass is 9.97. The van der Waals surface area contributed by atoms with Gasteiger partial charge in [-0.15, -0.1) is 0 Å². The molecule has 2 aromatic carbocycles. The largest absolute Gasteiger partial charge is 0.434 e. The summed E-state index contributed by atoms with van der Waals surface area (Å²) in [5.41, 5.74) is 3.57. The molecular weight excluding hydrogens is 516 g/mol. The highest BCUT2D eigenvalue weighted by Gasteiger charge is 2.43. The Kier molecular flexibility index (Phi) is 4.88. The second-order valence-electron chi connectivity index (χ2n) is 9.81. The number of alkyl halides is 2. The Bertz CT molecular complexity index is 1790. The zero-order valence-corrected chi connectivity index (χ0v) is 21.1. The number of nitrogens with zero attached hydrogens (tertiary/aromatic N) is 6. The monoisotopic (exact) mass is 536 g/mol. The van der Waals surface area contributed by atoms with Gasteiger partial charge in [0.25, 0.3) is 0 Å². The van der Waals surface area contributed by atoms with Gasteiger partial charge in [-0.1, -0.05) is 18.2 Å². The van der Waals surface area contributed by atoms with Crippen molar-refractivity contribution < 1.29 is 22.5 Å². The third-order valence-electron chi connectivity index (χ3n) is 7.20. The smallest absolute Gasteiger partial charge is 0.387 e. The van der Waals surface area contributed by atoms with E-state index in [9.17, 15) is 13.3 Å². The number of aromatic nitrogens is 6. The Balaban J connectivity index is 1.46. The van der Waals surface area contributed by atoms with Gasteiger partial charge in [-0.05, 0) is 31.5 Å². The first kappa shape index (κ1) is 23.2. The molecule has 0 unspecified atom stereocenters. The van der Waals surface area contributed by atoms with Crippen LogP contribution in [0.3, 0.4) is 0 Å². The average molecular weight is 536 g/mol. The summed E-state index contributed by atoms with van der Waals surface area (Å²) in [5.74, 6) is 0.745. The highest BCUT2D eigenvalue weighted by atomic mass is 31.2. The quantitative estimate of drug-likeness (QED) is 0.292. The summed E-state index contributed by atoms with van der Waals surface area (Å²) in [4.78, 5) is 13.5. The molecule has 3 aromatic heterocycles. The molecule has 38 heavy (non-hydrogen) atoms. The maximum Gasteiger partial charge on any atom is 0.387 e. The molecule has 0 amide bonds. The van der Waals surface area contributed by atoms with Gasteiger partial charge in [0.2, 0.25) is 0 Å². The summed E-state index contributed by atoms with van der Waals surface area (Å²) in [6.45, 7) is 0.251. The first-order valence-electron chi connectivity index (χ1n) is 11.9. The molecule has 0 saturated heterocycles. The number of benzene rings is 2. The molecule has 192 valence electrons. The van der Waals surface area contributed by atoms with E-state index < -0.39 is 25.6 Å². The highest BCUT2D eigenvalue weighted by molar-refractivity contribution is 7.69. The number of rotatable bonds is 4. The molecule has 5 heterocycles. The lowest BCUT2D eigenvalue weighted by Crippen LogP contribution is -2.14. The van der Waals surface area contributed by atoms with Crippen molar-refractivity contribution in [1.29, 1.82) is 0 Å². The average Bonchev–Trinajstić information content (AvgIpc) is 3.55. The minimum Gasteiger partial charge on any atom is -0.434 e. The first-order valence-corrected chi connectivity index (χ1v) is 14.5. The van der Waals surface area contributed by atoms with E-state index in [1.54, 1.807) is 42.3 Å². The molecule has 0 aliphatic carbocycles. The molecule has 0 radical (unpaired) electrons. The van der Waals surface area contributed by atoms with Crippen molar-refractivity contribution in [2.75, 3.05) is 13.3 Å². The van der Waals surface area contributed by atoms with Crippen LogP contribution in [-0.4, -0.2) is 49.2 Å². The predicted molar refractivity (Wildman–Crippen MR) is 135 cm³/mol. The Hall–Kier alpha value is -3.98. The summed E-state index contributed by atoms with van der Waals surface area (Å²) < 4.78 is 63.2. The molecule has 0 saturated carbocycles. The zero-order chi connectivity index (χ0) is 26.3. The third kappa shape index (κ3) is 3.34. The predicted octanol–water partition coefficient (Wildman–Crippen LogP) is 5.24. The summed E-state index contributed by atoms with van der Waals surface area (Å²) >= 11 is 0. The van der Waals surface area contributed by atoms with Gasteiger partial charge in [-0.25, -0.2) is 19.0 Å². The summed E-state index contributed by atoms with van der Waals surface area (Å²) in [7, 11) is -2.56. The molecule has 2 bridgehead atoms. The van der Waals surface area contributed by atoms with Crippen molar-refractivity contribution in [2.24, 2.45) is 0 Å². The molecule has 2 atom stereocenters. The molecule has 7 rings (SSSR count). The molecular formula is C26H20F3N6O2P. The number of imidazole rings is 1. The Morgan fingerprint density at radius 1 is 1.08 bits per heavy atom. The van der Waals surface area contributed by atoms with Crippen molar-refractivity contribution in [3.63, 3.8) is 0 Å². The number of ether oxygens (including phenoxy) is 1. The van der Waals surface area contributed by atoms with Crippen molar-refractivity contribution >= 4 is 23.6 Å². The lowest BCUT2D eigenvalue weighted by molar-refractivity contribution is -0.0506. The fourth-order valence-corrected chi connectivity index (χ4v) is 6.38. The standard InChI is InChI=1S/C26H20F3N6O2P/c1-38(2,36)22-7-6-13(11-30-22)15-8-18-17(9-16(15)27)33-25-20-10-19(34(18)25)23-14(24-31-12-32-35(20)24)4-3-5-21(23)37-26(28)29/h3-9,11-12,19-20,26H,10H2,1-2H3/t19-,20-/m0/s1. The van der Waals surface area contributed by atoms with Crippen LogP contribution in [0.5, 0.6) is 5.75 Å². The van der Waals surface area contributed by atoms with Crippen molar-refractivity contribution in [3.8, 4) is 28.3 Å². The highest BCUT2D eigenvalue weighted by Crippen LogP contribution is 2.51. The van der Waals surface area contributed by atoms with Gasteiger partial charge < -0.3 is 13.9 Å². The Morgan fingerprint density at radius 2 is 1.92 bits per heavy atom. The normalized spacial score (nSPS) is 17.8. The second kappa shape index (κ2) is 8.01. The van der Waals surface area contributed by atoms with Crippen LogP contribution >= 0.6 is 7.14 Å². The maximum absolute atomic E-state index is 15.3. The number of hydrogen-bond acceptors (Lipinski definition) is 6. The molecule has 0 fully saturated rings. The molecule has 8 nitrogen and oxygen atoms in total. The molecule has 12 heteroatoms. The van der Waals surface area contributed by atoms with Crippen molar-refractivity contribution in [2.45, 2.75) is 25.1 Å². The van der Waals surface area contributed by atoms with E-state index in [4.69, 9.17) is 9.72 Å². The van der Waals surface area contributed by atoms with Gasteiger partial charge >= 0.3 is 6.61 Å². The van der Waals surface area contributed by atoms with E-state index in [1.165, 1.54) is 24.7 Å². The Morgan fingerprint density at radius 3 is 2.66 bits per heavy atom. The zero-order valence-electron chi connectivity index (χ0n) is 20.2. The van der Waals surface area contributed by atoms with Crippen LogP contribution in [0.15, 0.2) is 55.0 Å². The van der Waals surface area contributed by atoms with E-state index in [0.29, 0.717) is 56.8 Å². The van der Waals surface area contributed by atoms with E-state index in [1.807, 2.05) is 10.6 Å². The van der Waals surface area contributed by atoms with Gasteiger partial charge in [0.1, 0.15) is 36.9 Å². The van der Waals surface area contributed by atoms with E-state index >= 15 is 4.39 Å². The minimum absolute atomic E-state index is 0.0538. The summed E-state index contributed by atoms with van der Waals surface area (Å²) in [5, 5.41) is 4.42. The first-order chi connectivity index (χ1) is 18.2. The van der Waals surface area contributed by atoms with Crippen LogP contribution < -0.4 is 10.2 Å². The van der Waals surface area contributed by atoms with Crippen LogP contribution in [0.25, 0.3) is 33.5 Å². The van der Waals surface area contributed by atoms with Gasteiger partial charge in [0.15, 0.2) is 5.82 Å². The van der Waals surface area contributed by atoms with Crippen LogP contribution in [0.4, 0.5) is 13.2 Å². The second-order valence-corrected chi connectivity index (χ2v) is 13.0. The van der Waals surface area contributed by atoms with Crippen LogP contribution in [0.1, 0.15) is 29.9 Å². The third-order valence-corrected chi connectivity index (χ3v) is 8.57. The van der Waals surface area contributed by atoms with Gasteiger partial charge in [-0.2, -0.15) is 13.9 Å². The van der Waals surface area contributed by atoms with E-state index in [2.05, 4.69) is 15.1 Å². The van der Waals surface area contributed by atoms with Gasteiger partial charge in [0.05, 0.1) is 22.5 Å². The lowest BCUT2D eigenvalue weighted by Gasteiger charge is -2.21. The molecule has 5 aromatic rings. The summed E-state index contributed by atoms with van der Waals surface area (Å²) in [6.07, 6.45) is 3.43. The van der Waals surface area contributed by atoms with Gasteiger partial charge in [0, 0.05) is 40.9 Å². The fraction of sp³-hybridized carbons (Fsp3) is 0.231. The van der Waals surface area contributed by atoms with E-state index in [0.717, 1.165) is 0 Å². The van der Waals surface area contributed by atoms with Crippen molar-refractivity contribution in [3.05, 3.63) is 72.2 Å².